The summed E-state index contributed by atoms with van der Waals surface area (Å²) in [7, 11) is -3.46. The van der Waals surface area contributed by atoms with Gasteiger partial charge in [0.1, 0.15) is 0 Å². The smallest absolute Gasteiger partial charge is 0.304 e. The van der Waals surface area contributed by atoms with Crippen LogP contribution in [0.1, 0.15) is 26.2 Å². The molecular weight excluding hydrogens is 244 g/mol. The fourth-order valence-corrected chi connectivity index (χ4v) is 2.94. The minimum atomic E-state index is -3.46. The minimum absolute atomic E-state index is 0.164. The molecule has 0 radical (unpaired) electrons. The number of aliphatic carboxylic acids is 1. The van der Waals surface area contributed by atoms with Crippen molar-refractivity contribution in [3.05, 3.63) is 0 Å². The molecule has 1 saturated heterocycles. The van der Waals surface area contributed by atoms with Gasteiger partial charge in [0.15, 0.2) is 0 Å². The predicted molar refractivity (Wildman–Crippen MR) is 64.3 cm³/mol. The molecule has 2 N–H and O–H groups in total. The van der Waals surface area contributed by atoms with Crippen LogP contribution in [0, 0.1) is 0 Å². The molecule has 1 aliphatic heterocycles. The quantitative estimate of drug-likeness (QED) is 0.668. The summed E-state index contributed by atoms with van der Waals surface area (Å²) < 4.78 is 25.4. The topological polar surface area (TPSA) is 86.7 Å². The molecule has 100 valence electrons. The number of rotatable bonds is 7. The van der Waals surface area contributed by atoms with Gasteiger partial charge < -0.3 is 5.11 Å². The maximum absolute atomic E-state index is 11.5. The fraction of sp³-hybridized carbons (Fsp3) is 0.900. The Kier molecular flexibility index (Phi) is 5.35. The molecule has 1 heterocycles. The molecule has 0 aromatic rings. The highest BCUT2D eigenvalue weighted by atomic mass is 32.2. The highest BCUT2D eigenvalue weighted by molar-refractivity contribution is 7.89. The first-order chi connectivity index (χ1) is 7.91. The summed E-state index contributed by atoms with van der Waals surface area (Å²) in [6.07, 6.45) is 1.97. The summed E-state index contributed by atoms with van der Waals surface area (Å²) in [5.74, 6) is -1.45. The Morgan fingerprint density at radius 2 is 2.00 bits per heavy atom. The van der Waals surface area contributed by atoms with Gasteiger partial charge >= 0.3 is 5.97 Å². The fourth-order valence-electron chi connectivity index (χ4n) is 1.85. The van der Waals surface area contributed by atoms with Gasteiger partial charge in [0.25, 0.3) is 0 Å². The first-order valence-corrected chi connectivity index (χ1v) is 7.49. The molecule has 1 aliphatic rings. The maximum Gasteiger partial charge on any atom is 0.304 e. The zero-order chi connectivity index (χ0) is 12.9. The Balaban J connectivity index is 2.30. The van der Waals surface area contributed by atoms with E-state index >= 15 is 0 Å². The third kappa shape index (κ3) is 5.47. The molecule has 1 atom stereocenters. The van der Waals surface area contributed by atoms with Crippen molar-refractivity contribution in [3.63, 3.8) is 0 Å². The van der Waals surface area contributed by atoms with Gasteiger partial charge in [0.2, 0.25) is 10.0 Å². The van der Waals surface area contributed by atoms with Gasteiger partial charge in [-0.2, -0.15) is 0 Å². The third-order valence-electron chi connectivity index (χ3n) is 2.95. The van der Waals surface area contributed by atoms with Crippen LogP contribution in [0.5, 0.6) is 0 Å². The van der Waals surface area contributed by atoms with Gasteiger partial charge in [-0.3, -0.25) is 9.69 Å². The number of sulfonamides is 1. The van der Waals surface area contributed by atoms with Crippen molar-refractivity contribution in [1.82, 2.24) is 9.62 Å². The van der Waals surface area contributed by atoms with Crippen LogP contribution in [-0.4, -0.2) is 55.8 Å². The van der Waals surface area contributed by atoms with Gasteiger partial charge in [-0.15, -0.1) is 0 Å². The summed E-state index contributed by atoms with van der Waals surface area (Å²) in [4.78, 5) is 12.5. The standard InChI is InChI=1S/C10H20N2O4S/c1-9(12-5-2-3-6-12)8-11-17(15,16)7-4-10(13)14/h9,11H,2-8H2,1H3,(H,13,14). The number of nitrogens with one attached hydrogen (secondary N) is 1. The number of hydrogen-bond donors (Lipinski definition) is 2. The second-order valence-corrected chi connectivity index (χ2v) is 6.33. The van der Waals surface area contributed by atoms with Gasteiger partial charge in [-0.05, 0) is 32.9 Å². The lowest BCUT2D eigenvalue weighted by atomic mass is 10.3. The van der Waals surface area contributed by atoms with E-state index in [1.165, 1.54) is 0 Å². The number of carboxylic acids is 1. The molecule has 7 heteroatoms. The molecule has 1 fully saturated rings. The third-order valence-corrected chi connectivity index (χ3v) is 4.30. The van der Waals surface area contributed by atoms with Crippen molar-refractivity contribution in [2.24, 2.45) is 0 Å². The Hall–Kier alpha value is -0.660. The van der Waals surface area contributed by atoms with E-state index in [4.69, 9.17) is 5.11 Å². The van der Waals surface area contributed by atoms with Crippen LogP contribution in [0.25, 0.3) is 0 Å². The first kappa shape index (κ1) is 14.4. The van der Waals surface area contributed by atoms with Gasteiger partial charge in [-0.1, -0.05) is 0 Å². The van der Waals surface area contributed by atoms with E-state index in [9.17, 15) is 13.2 Å². The lowest BCUT2D eigenvalue weighted by Crippen LogP contribution is -2.41. The molecule has 0 saturated carbocycles. The summed E-state index contributed by atoms with van der Waals surface area (Å²) in [5.41, 5.74) is 0. The van der Waals surface area contributed by atoms with E-state index in [1.54, 1.807) is 0 Å². The average Bonchev–Trinajstić information content (AvgIpc) is 2.77. The van der Waals surface area contributed by atoms with Crippen LogP contribution in [-0.2, 0) is 14.8 Å². The van der Waals surface area contributed by atoms with Crippen molar-refractivity contribution < 1.29 is 18.3 Å². The molecule has 1 unspecified atom stereocenters. The van der Waals surface area contributed by atoms with Gasteiger partial charge in [0.05, 0.1) is 12.2 Å². The van der Waals surface area contributed by atoms with Crippen molar-refractivity contribution in [2.45, 2.75) is 32.2 Å². The molecule has 0 spiro atoms. The van der Waals surface area contributed by atoms with Crippen LogP contribution in [0.3, 0.4) is 0 Å². The molecule has 1 rings (SSSR count). The highest BCUT2D eigenvalue weighted by Gasteiger charge is 2.20. The SMILES string of the molecule is CC(CNS(=O)(=O)CCC(=O)O)N1CCCC1. The van der Waals surface area contributed by atoms with Crippen LogP contribution in [0.2, 0.25) is 0 Å². The zero-order valence-electron chi connectivity index (χ0n) is 10.1. The van der Waals surface area contributed by atoms with Crippen molar-refractivity contribution in [2.75, 3.05) is 25.4 Å². The molecule has 0 amide bonds. The zero-order valence-corrected chi connectivity index (χ0v) is 10.9. The van der Waals surface area contributed by atoms with Gasteiger partial charge in [-0.25, -0.2) is 13.1 Å². The minimum Gasteiger partial charge on any atom is -0.481 e. The van der Waals surface area contributed by atoms with E-state index in [0.717, 1.165) is 25.9 Å². The second kappa shape index (κ2) is 6.32. The first-order valence-electron chi connectivity index (χ1n) is 5.84. The Morgan fingerprint density at radius 1 is 1.41 bits per heavy atom. The van der Waals surface area contributed by atoms with Crippen LogP contribution >= 0.6 is 0 Å². The molecule has 0 aromatic carbocycles. The van der Waals surface area contributed by atoms with E-state index in [1.807, 2.05) is 6.92 Å². The number of hydrogen-bond acceptors (Lipinski definition) is 4. The number of carbonyl (C=O) groups is 1. The number of likely N-dealkylation sites (tertiary alicyclic amines) is 1. The molecule has 0 aliphatic carbocycles. The van der Waals surface area contributed by atoms with E-state index in [2.05, 4.69) is 9.62 Å². The van der Waals surface area contributed by atoms with Crippen LogP contribution in [0.4, 0.5) is 0 Å². The Bertz CT molecular complexity index is 349. The molecule has 17 heavy (non-hydrogen) atoms. The maximum atomic E-state index is 11.5. The highest BCUT2D eigenvalue weighted by Crippen LogP contribution is 2.10. The second-order valence-electron chi connectivity index (χ2n) is 4.40. The van der Waals surface area contributed by atoms with Crippen molar-refractivity contribution >= 4 is 16.0 Å². The summed E-state index contributed by atoms with van der Waals surface area (Å²) in [5, 5.41) is 8.43. The normalized spacial score (nSPS) is 19.4. The van der Waals surface area contributed by atoms with E-state index < -0.39 is 16.0 Å². The van der Waals surface area contributed by atoms with E-state index in [-0.39, 0.29) is 18.2 Å². The summed E-state index contributed by atoms with van der Waals surface area (Å²) >= 11 is 0. The van der Waals surface area contributed by atoms with Gasteiger partial charge in [0, 0.05) is 12.6 Å². The van der Waals surface area contributed by atoms with Crippen molar-refractivity contribution in [1.29, 1.82) is 0 Å². The lowest BCUT2D eigenvalue weighted by Gasteiger charge is -2.23. The predicted octanol–water partition coefficient (Wildman–Crippen LogP) is -0.135. The molecule has 0 aromatic heterocycles. The summed E-state index contributed by atoms with van der Waals surface area (Å²) in [6, 6.07) is 0.164. The number of nitrogens with zero attached hydrogens (tertiary/aromatic N) is 1. The summed E-state index contributed by atoms with van der Waals surface area (Å²) in [6.45, 7) is 4.35. The van der Waals surface area contributed by atoms with Crippen LogP contribution in [0.15, 0.2) is 0 Å². The number of carboxylic acid groups (broad SMARTS) is 1. The van der Waals surface area contributed by atoms with Crippen molar-refractivity contribution in [3.8, 4) is 0 Å². The van der Waals surface area contributed by atoms with Crippen LogP contribution < -0.4 is 4.72 Å². The molecule has 0 bridgehead atoms. The largest absolute Gasteiger partial charge is 0.481 e. The lowest BCUT2D eigenvalue weighted by molar-refractivity contribution is -0.136. The Labute approximate surface area is 102 Å². The van der Waals surface area contributed by atoms with E-state index in [0.29, 0.717) is 6.54 Å². The average molecular weight is 264 g/mol. The Morgan fingerprint density at radius 3 is 2.53 bits per heavy atom. The molecular formula is C10H20N2O4S. The molecule has 6 nitrogen and oxygen atoms in total. The monoisotopic (exact) mass is 264 g/mol.